The number of esters is 2. The number of nitrogens with one attached hydrogen (secondary N) is 4. The van der Waals surface area contributed by atoms with Gasteiger partial charge in [-0.05, 0) is 60.4 Å². The van der Waals surface area contributed by atoms with Gasteiger partial charge in [0, 0.05) is 36.7 Å². The first-order chi connectivity index (χ1) is 27.2. The van der Waals surface area contributed by atoms with E-state index in [2.05, 4.69) is 21.3 Å². The van der Waals surface area contributed by atoms with Crippen LogP contribution in [0.15, 0.2) is 95.3 Å². The smallest absolute Gasteiger partial charge is 0.338 e. The molecule has 0 aromatic heterocycles. The van der Waals surface area contributed by atoms with Crippen LogP contribution in [0.2, 0.25) is 0 Å². The molecule has 0 spiro atoms. The topological polar surface area (TPSA) is 172 Å². The highest BCUT2D eigenvalue weighted by Crippen LogP contribution is 2.40. The Balaban J connectivity index is 1.20. The van der Waals surface area contributed by atoms with Gasteiger partial charge in [-0.1, -0.05) is 60.7 Å². The van der Waals surface area contributed by atoms with Gasteiger partial charge in [0.1, 0.15) is 24.7 Å². The third-order valence-corrected chi connectivity index (χ3v) is 9.51. The average Bonchev–Trinajstić information content (AvgIpc) is 3.18. The molecule has 4 N–H and O–H groups in total. The van der Waals surface area contributed by atoms with E-state index in [1.54, 1.807) is 13.8 Å². The monoisotopic (exact) mass is 766 g/mol. The Kier molecular flexibility index (Phi) is 13.1. The van der Waals surface area contributed by atoms with Crippen molar-refractivity contribution >= 4 is 45.5 Å². The van der Waals surface area contributed by atoms with Crippen LogP contribution in [0, 0.1) is 0 Å². The van der Waals surface area contributed by atoms with Gasteiger partial charge >= 0.3 is 24.0 Å². The normalized spacial score (nSPS) is 16.9. The van der Waals surface area contributed by atoms with E-state index in [4.69, 9.17) is 28.4 Å². The number of amides is 4. The number of carbonyl (C=O) groups excluding carboxylic acids is 4. The third-order valence-electron chi connectivity index (χ3n) is 9.51. The predicted octanol–water partition coefficient (Wildman–Crippen LogP) is 5.87. The molecule has 2 atom stereocenters. The molecule has 2 unspecified atom stereocenters. The Morgan fingerprint density at radius 3 is 1.38 bits per heavy atom. The molecule has 14 heteroatoms. The van der Waals surface area contributed by atoms with Crippen molar-refractivity contribution in [2.45, 2.75) is 38.8 Å². The highest BCUT2D eigenvalue weighted by atomic mass is 16.6. The van der Waals surface area contributed by atoms with Gasteiger partial charge in [0.15, 0.2) is 0 Å². The first-order valence-electron chi connectivity index (χ1n) is 18.4. The van der Waals surface area contributed by atoms with E-state index in [-0.39, 0.29) is 37.6 Å². The Bertz CT molecular complexity index is 2030. The first-order valence-corrected chi connectivity index (χ1v) is 18.4. The number of hydrogen-bond acceptors (Lipinski definition) is 10. The van der Waals surface area contributed by atoms with Crippen LogP contribution in [0.25, 0.3) is 21.5 Å². The summed E-state index contributed by atoms with van der Waals surface area (Å²) in [6.07, 6.45) is 1.18. The molecule has 14 nitrogen and oxygen atoms in total. The summed E-state index contributed by atoms with van der Waals surface area (Å²) in [6, 6.07) is 20.4. The number of ether oxygens (including phenoxy) is 6. The Morgan fingerprint density at radius 1 is 0.554 bits per heavy atom. The zero-order valence-corrected chi connectivity index (χ0v) is 31.8. The molecule has 0 bridgehead atoms. The molecule has 0 fully saturated rings. The lowest BCUT2D eigenvalue weighted by molar-refractivity contribution is -0.141. The van der Waals surface area contributed by atoms with E-state index in [1.807, 2.05) is 72.8 Å². The fourth-order valence-corrected chi connectivity index (χ4v) is 6.92. The van der Waals surface area contributed by atoms with Crippen LogP contribution < -0.4 is 30.7 Å². The van der Waals surface area contributed by atoms with Crippen molar-refractivity contribution in [3.8, 4) is 11.5 Å². The molecule has 0 saturated heterocycles. The fourth-order valence-electron chi connectivity index (χ4n) is 6.92. The van der Waals surface area contributed by atoms with Crippen LogP contribution in [-0.2, 0) is 28.5 Å². The summed E-state index contributed by atoms with van der Waals surface area (Å²) >= 11 is 0. The number of hydrogen-bond donors (Lipinski definition) is 4. The van der Waals surface area contributed by atoms with Gasteiger partial charge in [-0.25, -0.2) is 19.2 Å². The third kappa shape index (κ3) is 8.88. The van der Waals surface area contributed by atoms with Crippen molar-refractivity contribution in [1.29, 1.82) is 0 Å². The zero-order chi connectivity index (χ0) is 39.6. The summed E-state index contributed by atoms with van der Waals surface area (Å²) in [5, 5.41) is 14.7. The van der Waals surface area contributed by atoms with Crippen molar-refractivity contribution < 1.29 is 47.6 Å². The molecular formula is C42H46N4O10. The van der Waals surface area contributed by atoms with Gasteiger partial charge in [0.25, 0.3) is 0 Å². The quantitative estimate of drug-likeness (QED) is 0.0753. The zero-order valence-electron chi connectivity index (χ0n) is 31.8. The van der Waals surface area contributed by atoms with Gasteiger partial charge in [-0.15, -0.1) is 0 Å². The minimum Gasteiger partial charge on any atom is -0.493 e. The lowest BCUT2D eigenvalue weighted by Crippen LogP contribution is -2.45. The van der Waals surface area contributed by atoms with Crippen LogP contribution in [-0.4, -0.2) is 77.9 Å². The highest BCUT2D eigenvalue weighted by molar-refractivity contribution is 5.99. The van der Waals surface area contributed by atoms with E-state index in [0.29, 0.717) is 60.1 Å². The SMILES string of the molecule is COCCOC(=O)C1=C(C)NC(=O)NC1c1c(OCCCCOc2ccc3ccccc3c2C2NC(=O)NC(C)=C2C(=O)OCCOC)ccc2ccccc12. The van der Waals surface area contributed by atoms with E-state index in [9.17, 15) is 19.2 Å². The van der Waals surface area contributed by atoms with Crippen LogP contribution in [0.5, 0.6) is 11.5 Å². The Labute approximate surface area is 324 Å². The summed E-state index contributed by atoms with van der Waals surface area (Å²) in [4.78, 5) is 52.3. The number of urea groups is 2. The summed E-state index contributed by atoms with van der Waals surface area (Å²) in [5.41, 5.74) is 2.57. The maximum atomic E-state index is 13.4. The van der Waals surface area contributed by atoms with Gasteiger partial charge in [0.05, 0.1) is 49.7 Å². The summed E-state index contributed by atoms with van der Waals surface area (Å²) in [7, 11) is 3.04. The average molecular weight is 767 g/mol. The van der Waals surface area contributed by atoms with Crippen LogP contribution in [0.3, 0.4) is 0 Å². The lowest BCUT2D eigenvalue weighted by atomic mass is 9.90. The molecular weight excluding hydrogens is 720 g/mol. The van der Waals surface area contributed by atoms with E-state index in [0.717, 1.165) is 21.5 Å². The standard InChI is InChI=1S/C42H46N4O10/c1-25-33(39(47)55-23-21-51-3)37(45-41(49)43-25)35-29-13-7-5-11-27(29)15-17-31(35)53-19-9-10-20-54-32-18-16-28-12-6-8-14-30(28)36(32)38-34(26(2)44-42(50)46-38)40(48)56-24-22-52-4/h5-8,11-18,37-38H,9-10,19-24H2,1-4H3,(H2,43,45,49)(H2,44,46,50). The molecule has 294 valence electrons. The van der Waals surface area contributed by atoms with Gasteiger partial charge in [-0.3, -0.25) is 0 Å². The number of carbonyl (C=O) groups is 4. The van der Waals surface area contributed by atoms with E-state index >= 15 is 0 Å². The maximum Gasteiger partial charge on any atom is 0.338 e. The molecule has 4 aromatic carbocycles. The molecule has 4 amide bonds. The molecule has 0 radical (unpaired) electrons. The van der Waals surface area contributed by atoms with Crippen molar-refractivity contribution in [3.05, 3.63) is 106 Å². The predicted molar refractivity (Wildman–Crippen MR) is 208 cm³/mol. The van der Waals surface area contributed by atoms with Crippen LogP contribution in [0.4, 0.5) is 9.59 Å². The minimum absolute atomic E-state index is 0.0554. The molecule has 2 heterocycles. The molecule has 0 aliphatic carbocycles. The van der Waals surface area contributed by atoms with Crippen molar-refractivity contribution in [3.63, 3.8) is 0 Å². The van der Waals surface area contributed by atoms with Gasteiger partial charge in [0.2, 0.25) is 0 Å². The second-order valence-electron chi connectivity index (χ2n) is 13.2. The minimum atomic E-state index is -0.843. The molecule has 0 saturated carbocycles. The van der Waals surface area contributed by atoms with E-state index < -0.39 is 36.1 Å². The second kappa shape index (κ2) is 18.5. The molecule has 56 heavy (non-hydrogen) atoms. The summed E-state index contributed by atoms with van der Waals surface area (Å²) < 4.78 is 33.8. The number of benzene rings is 4. The molecule has 4 aromatic rings. The molecule has 2 aliphatic rings. The first kappa shape index (κ1) is 39.6. The van der Waals surface area contributed by atoms with Crippen molar-refractivity contribution in [1.82, 2.24) is 21.3 Å². The van der Waals surface area contributed by atoms with Gasteiger partial charge in [-0.2, -0.15) is 0 Å². The van der Waals surface area contributed by atoms with E-state index in [1.165, 1.54) is 14.2 Å². The molecule has 6 rings (SSSR count). The summed E-state index contributed by atoms with van der Waals surface area (Å²) in [6.45, 7) is 4.51. The van der Waals surface area contributed by atoms with Gasteiger partial charge < -0.3 is 49.7 Å². The number of allylic oxidation sites excluding steroid dienone is 2. The number of rotatable bonds is 17. The number of methoxy groups -OCH3 is 2. The van der Waals surface area contributed by atoms with Crippen LogP contribution >= 0.6 is 0 Å². The molecule has 2 aliphatic heterocycles. The largest absolute Gasteiger partial charge is 0.493 e. The fraction of sp³-hybridized carbons (Fsp3) is 0.333. The lowest BCUT2D eigenvalue weighted by Gasteiger charge is -2.30. The maximum absolute atomic E-state index is 13.4. The second-order valence-corrected chi connectivity index (χ2v) is 13.2. The number of fused-ring (bicyclic) bond motifs is 2. The van der Waals surface area contributed by atoms with Crippen molar-refractivity contribution in [2.75, 3.05) is 53.9 Å². The Morgan fingerprint density at radius 2 is 0.964 bits per heavy atom. The Hall–Kier alpha value is -6.12. The van der Waals surface area contributed by atoms with Crippen LogP contribution in [0.1, 0.15) is 49.9 Å². The van der Waals surface area contributed by atoms with Crippen molar-refractivity contribution in [2.24, 2.45) is 0 Å². The highest BCUT2D eigenvalue weighted by Gasteiger charge is 2.36. The summed E-state index contributed by atoms with van der Waals surface area (Å²) in [5.74, 6) is -0.133. The number of unbranched alkanes of at least 4 members (excludes halogenated alkanes) is 1.